The molecule has 0 unspecified atom stereocenters. The molecule has 1 aliphatic heterocycles. The standard InChI is InChI=1S/C28H32N4O6/c1-18-15-23(31-38-18)28(36)32-13-3-5-26(34)29-12-10-19-6-8-24(33)21(16-19)20-7-9-25(37-2)22(17-20)27(35)30-11-4-14-32/h6-9,15-17,33H,3-5,10-14H2,1-2H3,(H,29,34)(H,30,35). The van der Waals surface area contributed by atoms with Gasteiger partial charge in [0.05, 0.1) is 12.7 Å². The van der Waals surface area contributed by atoms with Crippen LogP contribution in [0.25, 0.3) is 11.1 Å². The van der Waals surface area contributed by atoms with Crippen molar-refractivity contribution in [1.29, 1.82) is 0 Å². The number of carbonyl (C=O) groups is 3. The number of phenols is 1. The predicted molar refractivity (Wildman–Crippen MR) is 140 cm³/mol. The molecule has 0 aliphatic carbocycles. The Kier molecular flexibility index (Phi) is 8.62. The summed E-state index contributed by atoms with van der Waals surface area (Å²) in [7, 11) is 1.49. The fourth-order valence-electron chi connectivity index (χ4n) is 4.40. The zero-order valence-corrected chi connectivity index (χ0v) is 21.6. The van der Waals surface area contributed by atoms with Crippen molar-refractivity contribution in [3.05, 3.63) is 65.0 Å². The Hall–Kier alpha value is -4.34. The van der Waals surface area contributed by atoms with Crippen LogP contribution in [-0.2, 0) is 11.2 Å². The number of nitrogens with one attached hydrogen (secondary N) is 2. The van der Waals surface area contributed by atoms with Crippen LogP contribution in [0.15, 0.2) is 47.0 Å². The molecule has 0 fully saturated rings. The number of carbonyl (C=O) groups excluding carboxylic acids is 3. The second-order valence-electron chi connectivity index (χ2n) is 9.19. The summed E-state index contributed by atoms with van der Waals surface area (Å²) in [5.74, 6) is 0.330. The maximum Gasteiger partial charge on any atom is 0.276 e. The van der Waals surface area contributed by atoms with Gasteiger partial charge >= 0.3 is 0 Å². The first-order chi connectivity index (χ1) is 18.4. The van der Waals surface area contributed by atoms with Crippen LogP contribution in [0.1, 0.15) is 51.4 Å². The number of aromatic hydroxyl groups is 1. The minimum Gasteiger partial charge on any atom is -0.507 e. The maximum atomic E-state index is 13.1. The molecular formula is C28H32N4O6. The van der Waals surface area contributed by atoms with Gasteiger partial charge in [-0.1, -0.05) is 17.3 Å². The van der Waals surface area contributed by atoms with Gasteiger partial charge in [-0.05, 0) is 61.6 Å². The lowest BCUT2D eigenvalue weighted by Crippen LogP contribution is -2.36. The second-order valence-corrected chi connectivity index (χ2v) is 9.19. The maximum absolute atomic E-state index is 13.1. The summed E-state index contributed by atoms with van der Waals surface area (Å²) in [6.07, 6.45) is 1.81. The largest absolute Gasteiger partial charge is 0.507 e. The molecule has 0 atom stereocenters. The van der Waals surface area contributed by atoms with E-state index in [9.17, 15) is 19.5 Å². The molecule has 4 rings (SSSR count). The van der Waals surface area contributed by atoms with Crippen molar-refractivity contribution < 1.29 is 28.8 Å². The number of methoxy groups -OCH3 is 1. The third-order valence-corrected chi connectivity index (χ3v) is 6.41. The monoisotopic (exact) mass is 520 g/mol. The van der Waals surface area contributed by atoms with Gasteiger partial charge in [-0.2, -0.15) is 0 Å². The van der Waals surface area contributed by atoms with Crippen molar-refractivity contribution in [3.8, 4) is 22.6 Å². The van der Waals surface area contributed by atoms with Crippen LogP contribution in [0.2, 0.25) is 0 Å². The van der Waals surface area contributed by atoms with E-state index in [1.807, 2.05) is 6.07 Å². The minimum atomic E-state index is -0.322. The van der Waals surface area contributed by atoms with Crippen molar-refractivity contribution in [2.45, 2.75) is 32.6 Å². The number of benzene rings is 2. The zero-order valence-electron chi connectivity index (χ0n) is 21.6. The van der Waals surface area contributed by atoms with E-state index >= 15 is 0 Å². The van der Waals surface area contributed by atoms with Gasteiger partial charge in [0.25, 0.3) is 11.8 Å². The first-order valence-corrected chi connectivity index (χ1v) is 12.6. The van der Waals surface area contributed by atoms with E-state index in [-0.39, 0.29) is 35.6 Å². The van der Waals surface area contributed by atoms with E-state index in [1.54, 1.807) is 48.2 Å². The fraction of sp³-hybridized carbons (Fsp3) is 0.357. The lowest BCUT2D eigenvalue weighted by Gasteiger charge is -2.22. The Bertz CT molecular complexity index is 1320. The van der Waals surface area contributed by atoms with Gasteiger partial charge in [0.15, 0.2) is 5.69 Å². The average molecular weight is 521 g/mol. The summed E-state index contributed by atoms with van der Waals surface area (Å²) in [6, 6.07) is 12.0. The van der Waals surface area contributed by atoms with Crippen molar-refractivity contribution in [2.75, 3.05) is 33.3 Å². The van der Waals surface area contributed by atoms with Crippen molar-refractivity contribution >= 4 is 17.7 Å². The molecular weight excluding hydrogens is 488 g/mol. The number of amides is 3. The Morgan fingerprint density at radius 3 is 2.58 bits per heavy atom. The van der Waals surface area contributed by atoms with Crippen molar-refractivity contribution in [2.24, 2.45) is 0 Å². The predicted octanol–water partition coefficient (Wildman–Crippen LogP) is 3.08. The summed E-state index contributed by atoms with van der Waals surface area (Å²) in [4.78, 5) is 40.1. The first kappa shape index (κ1) is 26.7. The number of hydrogen-bond acceptors (Lipinski definition) is 7. The number of aryl methyl sites for hydroxylation is 1. The number of ether oxygens (including phenoxy) is 1. The van der Waals surface area contributed by atoms with Gasteiger partial charge in [0, 0.05) is 44.2 Å². The fourth-order valence-corrected chi connectivity index (χ4v) is 4.40. The number of rotatable bonds is 2. The number of nitrogens with zero attached hydrogens (tertiary/aromatic N) is 2. The summed E-state index contributed by atoms with van der Waals surface area (Å²) in [5, 5.41) is 20.2. The van der Waals surface area contributed by atoms with E-state index in [2.05, 4.69) is 15.8 Å². The van der Waals surface area contributed by atoms with Crippen LogP contribution in [0, 0.1) is 6.92 Å². The zero-order chi connectivity index (χ0) is 27.1. The molecule has 1 aliphatic rings. The Morgan fingerprint density at radius 1 is 1.00 bits per heavy atom. The topological polar surface area (TPSA) is 134 Å². The number of aromatic nitrogens is 1. The van der Waals surface area contributed by atoms with Crippen LogP contribution >= 0.6 is 0 Å². The lowest BCUT2D eigenvalue weighted by atomic mass is 9.98. The lowest BCUT2D eigenvalue weighted by molar-refractivity contribution is -0.121. The van der Waals surface area contributed by atoms with Gasteiger partial charge in [-0.25, -0.2) is 0 Å². The minimum absolute atomic E-state index is 0.0901. The van der Waals surface area contributed by atoms with Crippen LogP contribution in [0.3, 0.4) is 0 Å². The highest BCUT2D eigenvalue weighted by molar-refractivity contribution is 5.98. The van der Waals surface area contributed by atoms with Gasteiger partial charge < -0.3 is 29.9 Å². The molecule has 0 saturated carbocycles. The third-order valence-electron chi connectivity index (χ3n) is 6.41. The highest BCUT2D eigenvalue weighted by Gasteiger charge is 2.20. The Morgan fingerprint density at radius 2 is 1.82 bits per heavy atom. The summed E-state index contributed by atoms with van der Waals surface area (Å²) in [6.45, 7) is 3.19. The SMILES string of the molecule is COc1ccc2cc1C(=O)NCCCN(C(=O)c1cc(C)on1)CCCC(=O)NCCc1ccc(O)c-2c1. The Balaban J connectivity index is 1.58. The third kappa shape index (κ3) is 6.50. The van der Waals surface area contributed by atoms with Gasteiger partial charge in [0.2, 0.25) is 5.91 Å². The molecule has 2 aromatic carbocycles. The van der Waals surface area contributed by atoms with Crippen molar-refractivity contribution in [1.82, 2.24) is 20.7 Å². The average Bonchev–Trinajstić information content (AvgIpc) is 3.35. The highest BCUT2D eigenvalue weighted by atomic mass is 16.5. The summed E-state index contributed by atoms with van der Waals surface area (Å²) >= 11 is 0. The summed E-state index contributed by atoms with van der Waals surface area (Å²) < 4.78 is 10.5. The van der Waals surface area contributed by atoms with E-state index < -0.39 is 0 Å². The van der Waals surface area contributed by atoms with E-state index in [4.69, 9.17) is 9.26 Å². The quantitative estimate of drug-likeness (QED) is 0.473. The first-order valence-electron chi connectivity index (χ1n) is 12.6. The van der Waals surface area contributed by atoms with E-state index in [0.29, 0.717) is 73.6 Å². The molecule has 38 heavy (non-hydrogen) atoms. The van der Waals surface area contributed by atoms with E-state index in [0.717, 1.165) is 5.56 Å². The molecule has 200 valence electrons. The Labute approximate surface area is 221 Å². The molecule has 2 heterocycles. The molecule has 3 aromatic rings. The van der Waals surface area contributed by atoms with Crippen LogP contribution in [0.5, 0.6) is 11.5 Å². The van der Waals surface area contributed by atoms with Crippen LogP contribution < -0.4 is 15.4 Å². The smallest absolute Gasteiger partial charge is 0.276 e. The molecule has 4 bridgehead atoms. The van der Waals surface area contributed by atoms with Crippen molar-refractivity contribution in [3.63, 3.8) is 0 Å². The number of fused-ring (bicyclic) bond motifs is 5. The molecule has 0 saturated heterocycles. The molecule has 10 nitrogen and oxygen atoms in total. The molecule has 3 N–H and O–H groups in total. The summed E-state index contributed by atoms with van der Waals surface area (Å²) in [5.41, 5.74) is 2.72. The normalized spacial score (nSPS) is 15.5. The van der Waals surface area contributed by atoms with Crippen LogP contribution in [0.4, 0.5) is 0 Å². The van der Waals surface area contributed by atoms with Gasteiger partial charge in [0.1, 0.15) is 17.3 Å². The van der Waals surface area contributed by atoms with Crippen LogP contribution in [-0.4, -0.2) is 66.2 Å². The number of phenolic OH excluding ortho intramolecular Hbond substituents is 1. The van der Waals surface area contributed by atoms with Gasteiger partial charge in [-0.15, -0.1) is 0 Å². The molecule has 0 spiro atoms. The molecule has 0 radical (unpaired) electrons. The second kappa shape index (κ2) is 12.3. The number of hydrogen-bond donors (Lipinski definition) is 3. The molecule has 1 aromatic heterocycles. The molecule has 3 amide bonds. The highest BCUT2D eigenvalue weighted by Crippen LogP contribution is 2.33. The van der Waals surface area contributed by atoms with Gasteiger partial charge in [-0.3, -0.25) is 14.4 Å². The van der Waals surface area contributed by atoms with E-state index in [1.165, 1.54) is 7.11 Å². The molecule has 10 heteroatoms.